The summed E-state index contributed by atoms with van der Waals surface area (Å²) in [6.07, 6.45) is 1.48. The highest BCUT2D eigenvalue weighted by molar-refractivity contribution is 7.99. The minimum absolute atomic E-state index is 0.102. The second-order valence-electron chi connectivity index (χ2n) is 3.84. The molecule has 1 aromatic carbocycles. The molecule has 0 spiro atoms. The number of amides is 1. The molecule has 0 saturated carbocycles. The van der Waals surface area contributed by atoms with E-state index in [4.69, 9.17) is 11.6 Å². The van der Waals surface area contributed by atoms with Gasteiger partial charge in [-0.3, -0.25) is 4.79 Å². The smallest absolute Gasteiger partial charge is 0.220 e. The van der Waals surface area contributed by atoms with E-state index in [-0.39, 0.29) is 5.91 Å². The molecule has 0 aromatic heterocycles. The van der Waals surface area contributed by atoms with E-state index in [0.717, 1.165) is 35.2 Å². The van der Waals surface area contributed by atoms with Crippen LogP contribution in [0.25, 0.3) is 0 Å². The van der Waals surface area contributed by atoms with Crippen molar-refractivity contribution in [3.05, 3.63) is 29.3 Å². The summed E-state index contributed by atoms with van der Waals surface area (Å²) in [7, 11) is 1.90. The number of carbonyl (C=O) groups excluding carboxylic acids is 1. The lowest BCUT2D eigenvalue weighted by Gasteiger charge is -2.05. The lowest BCUT2D eigenvalue weighted by molar-refractivity contribution is -0.120. The fourth-order valence-electron chi connectivity index (χ4n) is 1.40. The third-order valence-corrected chi connectivity index (χ3v) is 3.87. The number of halogens is 1. The second kappa shape index (κ2) is 9.25. The van der Waals surface area contributed by atoms with Crippen molar-refractivity contribution in [2.24, 2.45) is 0 Å². The van der Waals surface area contributed by atoms with Crippen LogP contribution in [0.5, 0.6) is 0 Å². The predicted octanol–water partition coefficient (Wildman–Crippen LogP) is 2.55. The van der Waals surface area contributed by atoms with Gasteiger partial charge in [-0.2, -0.15) is 0 Å². The van der Waals surface area contributed by atoms with Crippen LogP contribution in [-0.2, 0) is 4.79 Å². The topological polar surface area (TPSA) is 41.1 Å². The summed E-state index contributed by atoms with van der Waals surface area (Å²) >= 11 is 7.64. The molecule has 0 fully saturated rings. The molecule has 0 aliphatic heterocycles. The summed E-state index contributed by atoms with van der Waals surface area (Å²) in [4.78, 5) is 12.5. The maximum absolute atomic E-state index is 11.5. The van der Waals surface area contributed by atoms with E-state index in [9.17, 15) is 4.79 Å². The van der Waals surface area contributed by atoms with Crippen molar-refractivity contribution in [2.75, 3.05) is 25.9 Å². The maximum atomic E-state index is 11.5. The predicted molar refractivity (Wildman–Crippen MR) is 78.3 cm³/mol. The molecule has 100 valence electrons. The molecule has 0 aliphatic carbocycles. The summed E-state index contributed by atoms with van der Waals surface area (Å²) in [5, 5.41) is 6.68. The zero-order chi connectivity index (χ0) is 13.2. The van der Waals surface area contributed by atoms with Gasteiger partial charge >= 0.3 is 0 Å². The average molecular weight is 287 g/mol. The van der Waals surface area contributed by atoms with Crippen molar-refractivity contribution in [2.45, 2.75) is 17.7 Å². The lowest BCUT2D eigenvalue weighted by atomic mass is 10.4. The van der Waals surface area contributed by atoms with Crippen LogP contribution in [-0.4, -0.2) is 31.8 Å². The Morgan fingerprint density at radius 3 is 2.83 bits per heavy atom. The van der Waals surface area contributed by atoms with Gasteiger partial charge in [0.1, 0.15) is 0 Å². The van der Waals surface area contributed by atoms with Crippen molar-refractivity contribution >= 4 is 29.3 Å². The first-order valence-electron chi connectivity index (χ1n) is 6.02. The Bertz CT molecular complexity index is 374. The largest absolute Gasteiger partial charge is 0.356 e. The molecule has 1 rings (SSSR count). The minimum Gasteiger partial charge on any atom is -0.356 e. The molecular formula is C13H19ClN2OS. The van der Waals surface area contributed by atoms with Gasteiger partial charge in [-0.15, -0.1) is 11.8 Å². The van der Waals surface area contributed by atoms with Gasteiger partial charge in [-0.1, -0.05) is 23.7 Å². The molecule has 2 N–H and O–H groups in total. The fourth-order valence-corrected chi connectivity index (χ4v) is 2.58. The summed E-state index contributed by atoms with van der Waals surface area (Å²) in [6.45, 7) is 1.66. The highest BCUT2D eigenvalue weighted by Crippen LogP contribution is 2.26. The highest BCUT2D eigenvalue weighted by atomic mass is 35.5. The first-order valence-corrected chi connectivity index (χ1v) is 7.39. The Hall–Kier alpha value is -0.710. The number of thioether (sulfide) groups is 1. The average Bonchev–Trinajstić information content (AvgIpc) is 2.37. The van der Waals surface area contributed by atoms with E-state index in [1.165, 1.54) is 0 Å². The molecule has 0 heterocycles. The molecule has 0 radical (unpaired) electrons. The standard InChI is InChI=1S/C13H19ClN2OS/c1-15-8-4-9-16-13(17)7-10-18-12-6-3-2-5-11(12)14/h2-3,5-6,15H,4,7-10H2,1H3,(H,16,17). The number of rotatable bonds is 8. The molecule has 0 saturated heterocycles. The number of hydrogen-bond acceptors (Lipinski definition) is 3. The van der Waals surface area contributed by atoms with Crippen molar-refractivity contribution in [1.29, 1.82) is 0 Å². The summed E-state index contributed by atoms with van der Waals surface area (Å²) < 4.78 is 0. The zero-order valence-electron chi connectivity index (χ0n) is 10.5. The van der Waals surface area contributed by atoms with Crippen molar-refractivity contribution in [1.82, 2.24) is 10.6 Å². The molecule has 0 aliphatic rings. The number of carbonyl (C=O) groups is 1. The van der Waals surface area contributed by atoms with E-state index in [1.807, 2.05) is 31.3 Å². The van der Waals surface area contributed by atoms with Gasteiger partial charge in [0.05, 0.1) is 5.02 Å². The number of benzene rings is 1. The Morgan fingerprint density at radius 1 is 1.33 bits per heavy atom. The van der Waals surface area contributed by atoms with E-state index < -0.39 is 0 Å². The highest BCUT2D eigenvalue weighted by Gasteiger charge is 2.03. The van der Waals surface area contributed by atoms with Crippen LogP contribution in [0.3, 0.4) is 0 Å². The van der Waals surface area contributed by atoms with Crippen LogP contribution in [0, 0.1) is 0 Å². The van der Waals surface area contributed by atoms with E-state index in [0.29, 0.717) is 6.42 Å². The van der Waals surface area contributed by atoms with Gasteiger partial charge in [-0.05, 0) is 32.1 Å². The summed E-state index contributed by atoms with van der Waals surface area (Å²) in [5.41, 5.74) is 0. The van der Waals surface area contributed by atoms with Crippen LogP contribution in [0.4, 0.5) is 0 Å². The molecule has 0 bridgehead atoms. The zero-order valence-corrected chi connectivity index (χ0v) is 12.1. The normalized spacial score (nSPS) is 10.3. The van der Waals surface area contributed by atoms with Gasteiger partial charge in [0.2, 0.25) is 5.91 Å². The van der Waals surface area contributed by atoms with E-state index in [1.54, 1.807) is 11.8 Å². The fraction of sp³-hybridized carbons (Fsp3) is 0.462. The van der Waals surface area contributed by atoms with Crippen LogP contribution in [0.1, 0.15) is 12.8 Å². The molecule has 0 unspecified atom stereocenters. The monoisotopic (exact) mass is 286 g/mol. The lowest BCUT2D eigenvalue weighted by Crippen LogP contribution is -2.26. The third kappa shape index (κ3) is 6.28. The molecule has 18 heavy (non-hydrogen) atoms. The van der Waals surface area contributed by atoms with Crippen molar-refractivity contribution in [3.8, 4) is 0 Å². The molecule has 0 atom stereocenters. The number of hydrogen-bond donors (Lipinski definition) is 2. The van der Waals surface area contributed by atoms with Crippen LogP contribution < -0.4 is 10.6 Å². The molecule has 1 aromatic rings. The second-order valence-corrected chi connectivity index (χ2v) is 5.38. The molecule has 1 amide bonds. The van der Waals surface area contributed by atoms with Crippen LogP contribution >= 0.6 is 23.4 Å². The van der Waals surface area contributed by atoms with Crippen molar-refractivity contribution < 1.29 is 4.79 Å². The quantitative estimate of drug-likeness (QED) is 0.570. The van der Waals surface area contributed by atoms with Gasteiger partial charge in [0, 0.05) is 23.6 Å². The van der Waals surface area contributed by atoms with E-state index >= 15 is 0 Å². The minimum atomic E-state index is 0.102. The molecule has 3 nitrogen and oxygen atoms in total. The SMILES string of the molecule is CNCCCNC(=O)CCSc1ccccc1Cl. The van der Waals surface area contributed by atoms with Gasteiger partial charge in [0.25, 0.3) is 0 Å². The molecule has 5 heteroatoms. The summed E-state index contributed by atoms with van der Waals surface area (Å²) in [5.74, 6) is 0.854. The summed E-state index contributed by atoms with van der Waals surface area (Å²) in [6, 6.07) is 7.69. The first-order chi connectivity index (χ1) is 8.74. The van der Waals surface area contributed by atoms with Crippen molar-refractivity contribution in [3.63, 3.8) is 0 Å². The Balaban J connectivity index is 2.14. The van der Waals surface area contributed by atoms with Gasteiger partial charge < -0.3 is 10.6 Å². The van der Waals surface area contributed by atoms with Gasteiger partial charge in [0.15, 0.2) is 0 Å². The first kappa shape index (κ1) is 15.3. The van der Waals surface area contributed by atoms with Crippen LogP contribution in [0.15, 0.2) is 29.2 Å². The maximum Gasteiger partial charge on any atom is 0.220 e. The Kier molecular flexibility index (Phi) is 7.89. The van der Waals surface area contributed by atoms with Gasteiger partial charge in [-0.25, -0.2) is 0 Å². The number of nitrogens with one attached hydrogen (secondary N) is 2. The van der Waals surface area contributed by atoms with Crippen LogP contribution in [0.2, 0.25) is 5.02 Å². The Morgan fingerprint density at radius 2 is 2.11 bits per heavy atom. The third-order valence-electron chi connectivity index (χ3n) is 2.35. The molecular weight excluding hydrogens is 268 g/mol. The Labute approximate surface area is 118 Å². The van der Waals surface area contributed by atoms with E-state index in [2.05, 4.69) is 10.6 Å².